The summed E-state index contributed by atoms with van der Waals surface area (Å²) in [7, 11) is 1.51. The SMILES string of the molecule is CCCCOc1ncnc(Cl)c1OC. The number of unbranched alkanes of at least 4 members (excludes halogenated alkanes) is 1. The highest BCUT2D eigenvalue weighted by Crippen LogP contribution is 2.30. The summed E-state index contributed by atoms with van der Waals surface area (Å²) < 4.78 is 10.4. The first-order valence-corrected chi connectivity index (χ1v) is 4.84. The van der Waals surface area contributed by atoms with E-state index in [2.05, 4.69) is 16.9 Å². The Labute approximate surface area is 88.2 Å². The van der Waals surface area contributed by atoms with Crippen LogP contribution in [0.2, 0.25) is 5.15 Å². The van der Waals surface area contributed by atoms with Crippen molar-refractivity contribution in [3.8, 4) is 11.6 Å². The lowest BCUT2D eigenvalue weighted by Crippen LogP contribution is -2.01. The molecule has 4 nitrogen and oxygen atoms in total. The molecule has 0 amide bonds. The lowest BCUT2D eigenvalue weighted by molar-refractivity contribution is 0.275. The summed E-state index contributed by atoms with van der Waals surface area (Å²) in [6.45, 7) is 2.70. The van der Waals surface area contributed by atoms with E-state index in [1.807, 2.05) is 0 Å². The number of hydrogen-bond donors (Lipinski definition) is 0. The van der Waals surface area contributed by atoms with Crippen molar-refractivity contribution < 1.29 is 9.47 Å². The molecule has 0 radical (unpaired) electrons. The monoisotopic (exact) mass is 216 g/mol. The van der Waals surface area contributed by atoms with Gasteiger partial charge in [-0.25, -0.2) is 4.98 Å². The van der Waals surface area contributed by atoms with Gasteiger partial charge in [-0.3, -0.25) is 0 Å². The lowest BCUT2D eigenvalue weighted by atomic mass is 10.4. The normalized spacial score (nSPS) is 9.93. The first kappa shape index (κ1) is 11.0. The topological polar surface area (TPSA) is 44.2 Å². The molecule has 1 heterocycles. The summed E-state index contributed by atoms with van der Waals surface area (Å²) in [5, 5.41) is 0.272. The summed E-state index contributed by atoms with van der Waals surface area (Å²) in [4.78, 5) is 7.73. The highest BCUT2D eigenvalue weighted by Gasteiger charge is 2.10. The maximum absolute atomic E-state index is 5.79. The van der Waals surface area contributed by atoms with Crippen LogP contribution < -0.4 is 9.47 Å². The van der Waals surface area contributed by atoms with Crippen LogP contribution in [0, 0.1) is 0 Å². The maximum Gasteiger partial charge on any atom is 0.261 e. The fourth-order valence-corrected chi connectivity index (χ4v) is 1.13. The van der Waals surface area contributed by atoms with E-state index in [-0.39, 0.29) is 5.15 Å². The molecule has 0 bridgehead atoms. The van der Waals surface area contributed by atoms with Crippen molar-refractivity contribution in [2.45, 2.75) is 19.8 Å². The standard InChI is InChI=1S/C9H13ClN2O2/c1-3-4-5-14-9-7(13-2)8(10)11-6-12-9/h6H,3-5H2,1-2H3. The van der Waals surface area contributed by atoms with Gasteiger partial charge >= 0.3 is 0 Å². The third-order valence-corrected chi connectivity index (χ3v) is 1.94. The van der Waals surface area contributed by atoms with E-state index < -0.39 is 0 Å². The van der Waals surface area contributed by atoms with E-state index in [1.165, 1.54) is 13.4 Å². The molecule has 0 aliphatic rings. The molecule has 0 spiro atoms. The quantitative estimate of drug-likeness (QED) is 0.560. The van der Waals surface area contributed by atoms with Gasteiger partial charge in [0, 0.05) is 0 Å². The first-order valence-electron chi connectivity index (χ1n) is 4.46. The fourth-order valence-electron chi connectivity index (χ4n) is 0.925. The molecule has 1 aromatic heterocycles. The highest BCUT2D eigenvalue weighted by atomic mass is 35.5. The van der Waals surface area contributed by atoms with Crippen molar-refractivity contribution in [2.24, 2.45) is 0 Å². The molecule has 0 unspecified atom stereocenters. The molecule has 0 N–H and O–H groups in total. The van der Waals surface area contributed by atoms with Crippen LogP contribution in [0.3, 0.4) is 0 Å². The zero-order chi connectivity index (χ0) is 10.4. The average Bonchev–Trinajstić information content (AvgIpc) is 2.18. The van der Waals surface area contributed by atoms with Crippen LogP contribution in [0.4, 0.5) is 0 Å². The Morgan fingerprint density at radius 2 is 2.21 bits per heavy atom. The second-order valence-electron chi connectivity index (χ2n) is 2.70. The minimum Gasteiger partial charge on any atom is -0.489 e. The number of methoxy groups -OCH3 is 1. The van der Waals surface area contributed by atoms with E-state index in [1.54, 1.807) is 0 Å². The molecule has 0 aliphatic heterocycles. The predicted octanol–water partition coefficient (Wildman–Crippen LogP) is 2.32. The third-order valence-electron chi connectivity index (χ3n) is 1.67. The van der Waals surface area contributed by atoms with Gasteiger partial charge in [0.15, 0.2) is 5.15 Å². The molecule has 0 atom stereocenters. The minimum absolute atomic E-state index is 0.272. The summed E-state index contributed by atoms with van der Waals surface area (Å²) >= 11 is 5.79. The second-order valence-corrected chi connectivity index (χ2v) is 3.06. The van der Waals surface area contributed by atoms with Gasteiger partial charge in [-0.05, 0) is 6.42 Å². The van der Waals surface area contributed by atoms with Crippen molar-refractivity contribution in [2.75, 3.05) is 13.7 Å². The predicted molar refractivity (Wildman–Crippen MR) is 54.0 cm³/mol. The van der Waals surface area contributed by atoms with E-state index in [9.17, 15) is 0 Å². The Morgan fingerprint density at radius 3 is 2.86 bits per heavy atom. The van der Waals surface area contributed by atoms with Gasteiger partial charge in [0.2, 0.25) is 5.75 Å². The number of rotatable bonds is 5. The van der Waals surface area contributed by atoms with Crippen LogP contribution >= 0.6 is 11.6 Å². The molecule has 0 saturated carbocycles. The third kappa shape index (κ3) is 2.73. The van der Waals surface area contributed by atoms with E-state index in [4.69, 9.17) is 21.1 Å². The molecule has 0 saturated heterocycles. The number of halogens is 1. The van der Waals surface area contributed by atoms with Crippen LogP contribution in [0.5, 0.6) is 11.6 Å². The van der Waals surface area contributed by atoms with Crippen molar-refractivity contribution in [1.29, 1.82) is 0 Å². The second kappa shape index (κ2) is 5.65. The van der Waals surface area contributed by atoms with Crippen molar-refractivity contribution >= 4 is 11.6 Å². The Hall–Kier alpha value is -1.03. The van der Waals surface area contributed by atoms with Crippen LogP contribution in [-0.4, -0.2) is 23.7 Å². The van der Waals surface area contributed by atoms with Crippen molar-refractivity contribution in [1.82, 2.24) is 9.97 Å². The van der Waals surface area contributed by atoms with Gasteiger partial charge in [-0.2, -0.15) is 4.98 Å². The average molecular weight is 217 g/mol. The molecule has 1 aromatic rings. The van der Waals surface area contributed by atoms with Gasteiger partial charge in [0.25, 0.3) is 5.88 Å². The number of nitrogens with zero attached hydrogens (tertiary/aromatic N) is 2. The number of ether oxygens (including phenoxy) is 2. The Bertz CT molecular complexity index is 294. The van der Waals surface area contributed by atoms with E-state index in [0.29, 0.717) is 18.2 Å². The molecular formula is C9H13ClN2O2. The molecule has 0 fully saturated rings. The Morgan fingerprint density at radius 1 is 1.43 bits per heavy atom. The van der Waals surface area contributed by atoms with Crippen LogP contribution in [0.25, 0.3) is 0 Å². The van der Waals surface area contributed by atoms with Crippen LogP contribution in [-0.2, 0) is 0 Å². The largest absolute Gasteiger partial charge is 0.489 e. The molecule has 0 aliphatic carbocycles. The molecule has 0 aromatic carbocycles. The lowest BCUT2D eigenvalue weighted by Gasteiger charge is -2.08. The van der Waals surface area contributed by atoms with Crippen molar-refractivity contribution in [3.05, 3.63) is 11.5 Å². The highest BCUT2D eigenvalue weighted by molar-refractivity contribution is 6.31. The molecule has 14 heavy (non-hydrogen) atoms. The van der Waals surface area contributed by atoms with Crippen LogP contribution in [0.15, 0.2) is 6.33 Å². The van der Waals surface area contributed by atoms with Gasteiger partial charge < -0.3 is 9.47 Å². The zero-order valence-electron chi connectivity index (χ0n) is 8.29. The first-order chi connectivity index (χ1) is 6.79. The number of aromatic nitrogens is 2. The van der Waals surface area contributed by atoms with E-state index in [0.717, 1.165) is 12.8 Å². The zero-order valence-corrected chi connectivity index (χ0v) is 9.04. The maximum atomic E-state index is 5.79. The van der Waals surface area contributed by atoms with E-state index >= 15 is 0 Å². The van der Waals surface area contributed by atoms with Gasteiger partial charge in [0.1, 0.15) is 6.33 Å². The molecular weight excluding hydrogens is 204 g/mol. The fraction of sp³-hybridized carbons (Fsp3) is 0.556. The van der Waals surface area contributed by atoms with Gasteiger partial charge in [-0.15, -0.1) is 0 Å². The molecule has 78 valence electrons. The van der Waals surface area contributed by atoms with Gasteiger partial charge in [0.05, 0.1) is 13.7 Å². The van der Waals surface area contributed by atoms with Gasteiger partial charge in [-0.1, -0.05) is 24.9 Å². The summed E-state index contributed by atoms with van der Waals surface area (Å²) in [6, 6.07) is 0. The summed E-state index contributed by atoms with van der Waals surface area (Å²) in [6.07, 6.45) is 3.40. The summed E-state index contributed by atoms with van der Waals surface area (Å²) in [5.41, 5.74) is 0. The molecule has 5 heteroatoms. The van der Waals surface area contributed by atoms with Crippen molar-refractivity contribution in [3.63, 3.8) is 0 Å². The Kier molecular flexibility index (Phi) is 4.46. The number of hydrogen-bond acceptors (Lipinski definition) is 4. The molecule has 1 rings (SSSR count). The Balaban J connectivity index is 2.70. The smallest absolute Gasteiger partial charge is 0.261 e. The summed E-state index contributed by atoms with van der Waals surface area (Å²) in [5.74, 6) is 0.797. The minimum atomic E-state index is 0.272. The van der Waals surface area contributed by atoms with Crippen LogP contribution in [0.1, 0.15) is 19.8 Å².